The zero-order valence-electron chi connectivity index (χ0n) is 10.3. The van der Waals surface area contributed by atoms with Gasteiger partial charge in [-0.25, -0.2) is 0 Å². The number of aliphatic hydroxyl groups excluding tert-OH is 1. The van der Waals surface area contributed by atoms with E-state index in [-0.39, 0.29) is 6.61 Å². The fourth-order valence-electron chi connectivity index (χ4n) is 1.36. The number of nitrogens with one attached hydrogen (secondary N) is 1. The van der Waals surface area contributed by atoms with Crippen LogP contribution in [0.4, 0.5) is 5.69 Å². The Morgan fingerprint density at radius 1 is 1.47 bits per heavy atom. The Bertz CT molecular complexity index is 418. The highest BCUT2D eigenvalue weighted by Crippen LogP contribution is 2.27. The maximum absolute atomic E-state index is 11.6. The van der Waals surface area contributed by atoms with Crippen molar-refractivity contribution in [1.82, 2.24) is 0 Å². The number of aliphatic hydroxyl groups is 1. The molecule has 1 atom stereocenters. The van der Waals surface area contributed by atoms with Crippen LogP contribution in [-0.2, 0) is 4.79 Å². The Kier molecular flexibility index (Phi) is 4.48. The number of hydrogen-bond acceptors (Lipinski definition) is 4. The summed E-state index contributed by atoms with van der Waals surface area (Å²) in [6, 6.07) is 2.73. The van der Waals surface area contributed by atoms with E-state index in [9.17, 15) is 4.79 Å². The molecule has 0 aliphatic heterocycles. The van der Waals surface area contributed by atoms with Crippen LogP contribution in [0, 0.1) is 13.8 Å². The highest BCUT2D eigenvalue weighted by Gasteiger charge is 2.15. The Hall–Kier alpha value is -1.59. The summed E-state index contributed by atoms with van der Waals surface area (Å²) in [7, 11) is 1.53. The normalized spacial score (nSPS) is 12.1. The van der Waals surface area contributed by atoms with Gasteiger partial charge in [-0.2, -0.15) is 0 Å². The Morgan fingerprint density at radius 2 is 2.06 bits per heavy atom. The lowest BCUT2D eigenvalue weighted by Crippen LogP contribution is -2.38. The Labute approximate surface area is 101 Å². The molecule has 0 saturated heterocycles. The molecule has 0 fully saturated rings. The third kappa shape index (κ3) is 3.18. The van der Waals surface area contributed by atoms with Gasteiger partial charge < -0.3 is 20.9 Å². The smallest absolute Gasteiger partial charge is 0.243 e. The lowest BCUT2D eigenvalue weighted by Gasteiger charge is -2.14. The van der Waals surface area contributed by atoms with Crippen LogP contribution in [0.5, 0.6) is 5.75 Å². The van der Waals surface area contributed by atoms with Crippen molar-refractivity contribution in [2.24, 2.45) is 5.73 Å². The predicted octanol–water partition coefficient (Wildman–Crippen LogP) is 0.570. The van der Waals surface area contributed by atoms with Crippen LogP contribution in [0.25, 0.3) is 0 Å². The molecule has 5 heteroatoms. The highest BCUT2D eigenvalue weighted by atomic mass is 16.5. The Balaban J connectivity index is 2.97. The number of hydrogen-bond donors (Lipinski definition) is 3. The van der Waals surface area contributed by atoms with Gasteiger partial charge in [0.05, 0.1) is 19.4 Å². The summed E-state index contributed by atoms with van der Waals surface area (Å²) in [5.74, 6) is 0.139. The van der Waals surface area contributed by atoms with Crippen molar-refractivity contribution in [2.45, 2.75) is 19.9 Å². The van der Waals surface area contributed by atoms with E-state index in [4.69, 9.17) is 15.6 Å². The summed E-state index contributed by atoms with van der Waals surface area (Å²) in [5, 5.41) is 11.4. The van der Waals surface area contributed by atoms with E-state index in [1.807, 2.05) is 26.0 Å². The monoisotopic (exact) mass is 238 g/mol. The topological polar surface area (TPSA) is 84.6 Å². The largest absolute Gasteiger partial charge is 0.495 e. The van der Waals surface area contributed by atoms with Gasteiger partial charge in [0.15, 0.2) is 0 Å². The SMILES string of the molecule is COc1cc(C)c(C)cc1NC(=O)C(N)CO. The number of methoxy groups -OCH3 is 1. The molecule has 0 aliphatic carbocycles. The maximum Gasteiger partial charge on any atom is 0.243 e. The summed E-state index contributed by atoms with van der Waals surface area (Å²) in [4.78, 5) is 11.6. The third-order valence-corrected chi connectivity index (χ3v) is 2.61. The van der Waals surface area contributed by atoms with Crippen LogP contribution in [0.1, 0.15) is 11.1 Å². The average Bonchev–Trinajstić information content (AvgIpc) is 2.32. The first-order chi connectivity index (χ1) is 7.99. The van der Waals surface area contributed by atoms with Gasteiger partial charge >= 0.3 is 0 Å². The second-order valence-electron chi connectivity index (χ2n) is 3.92. The highest BCUT2D eigenvalue weighted by molar-refractivity contribution is 5.96. The zero-order valence-corrected chi connectivity index (χ0v) is 10.3. The van der Waals surface area contributed by atoms with E-state index in [0.717, 1.165) is 11.1 Å². The van der Waals surface area contributed by atoms with Gasteiger partial charge in [0, 0.05) is 0 Å². The first-order valence-corrected chi connectivity index (χ1v) is 5.32. The van der Waals surface area contributed by atoms with Crippen molar-refractivity contribution >= 4 is 11.6 Å². The minimum atomic E-state index is -0.929. The van der Waals surface area contributed by atoms with Crippen molar-refractivity contribution in [2.75, 3.05) is 19.0 Å². The van der Waals surface area contributed by atoms with Crippen LogP contribution in [0.3, 0.4) is 0 Å². The molecule has 4 N–H and O–H groups in total. The van der Waals surface area contributed by atoms with E-state index < -0.39 is 11.9 Å². The number of amides is 1. The number of aryl methyl sites for hydroxylation is 2. The lowest BCUT2D eigenvalue weighted by atomic mass is 10.1. The summed E-state index contributed by atoms with van der Waals surface area (Å²) in [6.45, 7) is 3.51. The molecule has 1 aromatic rings. The summed E-state index contributed by atoms with van der Waals surface area (Å²) < 4.78 is 5.18. The zero-order chi connectivity index (χ0) is 13.0. The molecule has 5 nitrogen and oxygen atoms in total. The van der Waals surface area contributed by atoms with Crippen molar-refractivity contribution in [3.8, 4) is 5.75 Å². The number of rotatable bonds is 4. The molecule has 0 aromatic heterocycles. The number of benzene rings is 1. The molecular weight excluding hydrogens is 220 g/mol. The summed E-state index contributed by atoms with van der Waals surface area (Å²) in [6.07, 6.45) is 0. The molecule has 0 spiro atoms. The molecule has 0 radical (unpaired) electrons. The molecule has 0 saturated carbocycles. The molecule has 1 unspecified atom stereocenters. The minimum Gasteiger partial charge on any atom is -0.495 e. The predicted molar refractivity (Wildman–Crippen MR) is 66.2 cm³/mol. The van der Waals surface area contributed by atoms with Crippen LogP contribution >= 0.6 is 0 Å². The van der Waals surface area contributed by atoms with E-state index in [0.29, 0.717) is 11.4 Å². The molecule has 94 valence electrons. The standard InChI is InChI=1S/C12H18N2O3/c1-7-4-10(11(17-3)5-8(7)2)14-12(16)9(13)6-15/h4-5,9,15H,6,13H2,1-3H3,(H,14,16). The first-order valence-electron chi connectivity index (χ1n) is 5.32. The van der Waals surface area contributed by atoms with Gasteiger partial charge in [0.1, 0.15) is 11.8 Å². The van der Waals surface area contributed by atoms with Crippen LogP contribution in [-0.4, -0.2) is 30.8 Å². The molecule has 17 heavy (non-hydrogen) atoms. The van der Waals surface area contributed by atoms with Crippen LogP contribution < -0.4 is 15.8 Å². The van der Waals surface area contributed by atoms with Crippen molar-refractivity contribution in [1.29, 1.82) is 0 Å². The van der Waals surface area contributed by atoms with Crippen LogP contribution in [0.2, 0.25) is 0 Å². The quantitative estimate of drug-likeness (QED) is 0.716. The molecule has 1 amide bonds. The summed E-state index contributed by atoms with van der Waals surface area (Å²) in [5.41, 5.74) is 8.10. The number of carbonyl (C=O) groups excluding carboxylic acids is 1. The van der Waals surface area contributed by atoms with E-state index in [1.165, 1.54) is 7.11 Å². The lowest BCUT2D eigenvalue weighted by molar-refractivity contribution is -0.118. The fourth-order valence-corrected chi connectivity index (χ4v) is 1.36. The third-order valence-electron chi connectivity index (χ3n) is 2.61. The molecular formula is C12H18N2O3. The first kappa shape index (κ1) is 13.5. The molecule has 0 heterocycles. The summed E-state index contributed by atoms with van der Waals surface area (Å²) >= 11 is 0. The average molecular weight is 238 g/mol. The van der Waals surface area contributed by atoms with Crippen molar-refractivity contribution in [3.05, 3.63) is 23.3 Å². The van der Waals surface area contributed by atoms with Crippen molar-refractivity contribution < 1.29 is 14.6 Å². The van der Waals surface area contributed by atoms with Gasteiger partial charge in [0.25, 0.3) is 0 Å². The number of nitrogens with two attached hydrogens (primary N) is 1. The Morgan fingerprint density at radius 3 is 2.59 bits per heavy atom. The number of anilines is 1. The van der Waals surface area contributed by atoms with Gasteiger partial charge in [0.2, 0.25) is 5.91 Å². The number of ether oxygens (including phenoxy) is 1. The second kappa shape index (κ2) is 5.65. The molecule has 1 aromatic carbocycles. The molecule has 0 bridgehead atoms. The fraction of sp³-hybridized carbons (Fsp3) is 0.417. The maximum atomic E-state index is 11.6. The van der Waals surface area contributed by atoms with Gasteiger partial charge in [-0.1, -0.05) is 0 Å². The van der Waals surface area contributed by atoms with Crippen molar-refractivity contribution in [3.63, 3.8) is 0 Å². The van der Waals surface area contributed by atoms with E-state index >= 15 is 0 Å². The van der Waals surface area contributed by atoms with E-state index in [2.05, 4.69) is 5.32 Å². The van der Waals surface area contributed by atoms with Crippen LogP contribution in [0.15, 0.2) is 12.1 Å². The van der Waals surface area contributed by atoms with Gasteiger partial charge in [-0.15, -0.1) is 0 Å². The minimum absolute atomic E-state index is 0.390. The number of carbonyl (C=O) groups is 1. The van der Waals surface area contributed by atoms with E-state index in [1.54, 1.807) is 0 Å². The molecule has 1 rings (SSSR count). The second-order valence-corrected chi connectivity index (χ2v) is 3.92. The van der Waals surface area contributed by atoms with Gasteiger partial charge in [-0.05, 0) is 37.1 Å². The molecule has 0 aliphatic rings. The van der Waals surface area contributed by atoms with Gasteiger partial charge in [-0.3, -0.25) is 4.79 Å².